The van der Waals surface area contributed by atoms with Crippen LogP contribution in [0, 0.1) is 0 Å². The topological polar surface area (TPSA) is 73.6 Å². The van der Waals surface area contributed by atoms with Crippen LogP contribution in [-0.4, -0.2) is 26.7 Å². The van der Waals surface area contributed by atoms with Crippen molar-refractivity contribution >= 4 is 5.91 Å². The van der Waals surface area contributed by atoms with Gasteiger partial charge < -0.3 is 20.5 Å². The Balaban J connectivity index is 2.56. The fraction of sp³-hybridized carbons (Fsp3) is 0.500. The molecule has 0 radical (unpaired) electrons. The van der Waals surface area contributed by atoms with Crippen molar-refractivity contribution in [3.8, 4) is 11.5 Å². The van der Waals surface area contributed by atoms with Crippen LogP contribution in [0.15, 0.2) is 18.2 Å². The Morgan fingerprint density at radius 3 is 2.58 bits per heavy atom. The van der Waals surface area contributed by atoms with Crippen molar-refractivity contribution in [1.82, 2.24) is 5.32 Å². The van der Waals surface area contributed by atoms with Crippen molar-refractivity contribution in [3.63, 3.8) is 0 Å². The first-order valence-corrected chi connectivity index (χ1v) is 6.32. The maximum absolute atomic E-state index is 10.6. The number of carbonyl (C=O) groups excluding carboxylic acids is 1. The van der Waals surface area contributed by atoms with Gasteiger partial charge in [0.05, 0.1) is 14.2 Å². The predicted octanol–water partition coefficient (Wildman–Crippen LogP) is 1.62. The second kappa shape index (κ2) is 7.63. The van der Waals surface area contributed by atoms with E-state index in [0.29, 0.717) is 17.9 Å². The highest BCUT2D eigenvalue weighted by Gasteiger charge is 2.09. The lowest BCUT2D eigenvalue weighted by molar-refractivity contribution is -0.118. The summed E-state index contributed by atoms with van der Waals surface area (Å²) in [6.07, 6.45) is 1.15. The second-order valence-corrected chi connectivity index (χ2v) is 4.36. The van der Waals surface area contributed by atoms with Gasteiger partial charge in [-0.2, -0.15) is 0 Å². The van der Waals surface area contributed by atoms with Crippen LogP contribution in [0.5, 0.6) is 11.5 Å². The third-order valence-electron chi connectivity index (χ3n) is 2.96. The summed E-state index contributed by atoms with van der Waals surface area (Å²) in [5.41, 5.74) is 6.20. The molecule has 0 heterocycles. The van der Waals surface area contributed by atoms with Gasteiger partial charge in [0.2, 0.25) is 5.91 Å². The molecule has 5 heteroatoms. The van der Waals surface area contributed by atoms with E-state index in [9.17, 15) is 4.79 Å². The quantitative estimate of drug-likeness (QED) is 0.701. The molecule has 1 aromatic rings. The molecule has 0 aromatic heterocycles. The Morgan fingerprint density at radius 1 is 1.32 bits per heavy atom. The van der Waals surface area contributed by atoms with Crippen LogP contribution in [0.25, 0.3) is 0 Å². The molecule has 0 aliphatic heterocycles. The molecular formula is C14H22N2O3. The Labute approximate surface area is 114 Å². The van der Waals surface area contributed by atoms with E-state index in [0.717, 1.165) is 18.5 Å². The summed E-state index contributed by atoms with van der Waals surface area (Å²) in [5, 5.41) is 3.34. The maximum atomic E-state index is 10.6. The fourth-order valence-electron chi connectivity index (χ4n) is 1.82. The minimum Gasteiger partial charge on any atom is -0.493 e. The minimum absolute atomic E-state index is 0.174. The minimum atomic E-state index is -0.263. The summed E-state index contributed by atoms with van der Waals surface area (Å²) in [5.74, 6) is 1.17. The van der Waals surface area contributed by atoms with Gasteiger partial charge in [0.25, 0.3) is 0 Å². The van der Waals surface area contributed by atoms with Gasteiger partial charge in [0.15, 0.2) is 11.5 Å². The van der Waals surface area contributed by atoms with Gasteiger partial charge in [-0.3, -0.25) is 4.79 Å². The van der Waals surface area contributed by atoms with Crippen LogP contribution in [0.2, 0.25) is 0 Å². The molecule has 1 unspecified atom stereocenters. The zero-order valence-corrected chi connectivity index (χ0v) is 11.7. The van der Waals surface area contributed by atoms with E-state index in [2.05, 4.69) is 12.2 Å². The smallest absolute Gasteiger partial charge is 0.217 e. The summed E-state index contributed by atoms with van der Waals surface area (Å²) in [6.45, 7) is 2.81. The predicted molar refractivity (Wildman–Crippen MR) is 74.4 cm³/mol. The molecule has 0 spiro atoms. The van der Waals surface area contributed by atoms with E-state index < -0.39 is 0 Å². The molecule has 1 aromatic carbocycles. The molecular weight excluding hydrogens is 244 g/mol. The highest BCUT2D eigenvalue weighted by molar-refractivity contribution is 5.73. The standard InChI is InChI=1S/C14H22N2O3/c1-10(16-8-4-5-14(15)17)11-6-7-12(18-2)13(9-11)19-3/h6-7,9-10,16H,4-5,8H2,1-3H3,(H2,15,17). The van der Waals surface area contributed by atoms with Crippen LogP contribution in [0.4, 0.5) is 0 Å². The molecule has 0 fully saturated rings. The van der Waals surface area contributed by atoms with Crippen molar-refractivity contribution in [2.24, 2.45) is 5.73 Å². The first-order chi connectivity index (χ1) is 9.08. The number of nitrogens with two attached hydrogens (primary N) is 1. The number of hydrogen-bond donors (Lipinski definition) is 2. The number of hydrogen-bond acceptors (Lipinski definition) is 4. The lowest BCUT2D eigenvalue weighted by Gasteiger charge is -2.16. The number of nitrogens with one attached hydrogen (secondary N) is 1. The lowest BCUT2D eigenvalue weighted by atomic mass is 10.1. The molecule has 1 amide bonds. The Kier molecular flexibility index (Phi) is 6.15. The SMILES string of the molecule is COc1ccc(C(C)NCCCC(N)=O)cc1OC. The number of methoxy groups -OCH3 is 2. The third-order valence-corrected chi connectivity index (χ3v) is 2.96. The molecule has 3 N–H and O–H groups in total. The summed E-state index contributed by atoms with van der Waals surface area (Å²) in [4.78, 5) is 10.6. The summed E-state index contributed by atoms with van der Waals surface area (Å²) < 4.78 is 10.5. The van der Waals surface area contributed by atoms with Gasteiger partial charge in [0.1, 0.15) is 0 Å². The molecule has 19 heavy (non-hydrogen) atoms. The molecule has 0 saturated carbocycles. The number of primary amides is 1. The van der Waals surface area contributed by atoms with Gasteiger partial charge in [-0.05, 0) is 37.6 Å². The second-order valence-electron chi connectivity index (χ2n) is 4.36. The molecule has 106 valence electrons. The summed E-state index contributed by atoms with van der Waals surface area (Å²) in [7, 11) is 3.23. The summed E-state index contributed by atoms with van der Waals surface area (Å²) >= 11 is 0. The maximum Gasteiger partial charge on any atom is 0.217 e. The van der Waals surface area contributed by atoms with E-state index in [4.69, 9.17) is 15.2 Å². The third kappa shape index (κ3) is 4.79. The molecule has 0 aliphatic rings. The van der Waals surface area contributed by atoms with Crippen molar-refractivity contribution < 1.29 is 14.3 Å². The van der Waals surface area contributed by atoms with Crippen LogP contribution >= 0.6 is 0 Å². The van der Waals surface area contributed by atoms with Crippen molar-refractivity contribution in [2.75, 3.05) is 20.8 Å². The van der Waals surface area contributed by atoms with Crippen molar-refractivity contribution in [1.29, 1.82) is 0 Å². The molecule has 0 aliphatic carbocycles. The highest BCUT2D eigenvalue weighted by Crippen LogP contribution is 2.29. The average molecular weight is 266 g/mol. The molecule has 1 rings (SSSR count). The largest absolute Gasteiger partial charge is 0.493 e. The van der Waals surface area contributed by atoms with Crippen LogP contribution < -0.4 is 20.5 Å². The Hall–Kier alpha value is -1.75. The van der Waals surface area contributed by atoms with E-state index in [1.165, 1.54) is 0 Å². The number of amides is 1. The van der Waals surface area contributed by atoms with Crippen LogP contribution in [0.1, 0.15) is 31.4 Å². The monoisotopic (exact) mass is 266 g/mol. The first kappa shape index (κ1) is 15.3. The lowest BCUT2D eigenvalue weighted by Crippen LogP contribution is -2.21. The number of carbonyl (C=O) groups is 1. The normalized spacial score (nSPS) is 11.9. The van der Waals surface area contributed by atoms with E-state index in [-0.39, 0.29) is 11.9 Å². The van der Waals surface area contributed by atoms with Gasteiger partial charge in [0, 0.05) is 12.5 Å². The fourth-order valence-corrected chi connectivity index (χ4v) is 1.82. The number of rotatable bonds is 8. The van der Waals surface area contributed by atoms with Crippen LogP contribution in [0.3, 0.4) is 0 Å². The van der Waals surface area contributed by atoms with Crippen LogP contribution in [-0.2, 0) is 4.79 Å². The molecule has 5 nitrogen and oxygen atoms in total. The summed E-state index contributed by atoms with van der Waals surface area (Å²) in [6, 6.07) is 6.00. The number of benzene rings is 1. The van der Waals surface area contributed by atoms with E-state index in [1.54, 1.807) is 14.2 Å². The van der Waals surface area contributed by atoms with Gasteiger partial charge >= 0.3 is 0 Å². The van der Waals surface area contributed by atoms with E-state index >= 15 is 0 Å². The zero-order chi connectivity index (χ0) is 14.3. The Bertz CT molecular complexity index is 421. The van der Waals surface area contributed by atoms with E-state index in [1.807, 2.05) is 18.2 Å². The molecule has 0 saturated heterocycles. The first-order valence-electron chi connectivity index (χ1n) is 6.32. The molecule has 0 bridgehead atoms. The number of ether oxygens (including phenoxy) is 2. The van der Waals surface area contributed by atoms with Crippen molar-refractivity contribution in [3.05, 3.63) is 23.8 Å². The van der Waals surface area contributed by atoms with Crippen molar-refractivity contribution in [2.45, 2.75) is 25.8 Å². The average Bonchev–Trinajstić information content (AvgIpc) is 2.42. The van der Waals surface area contributed by atoms with Gasteiger partial charge in [-0.1, -0.05) is 6.07 Å². The molecule has 1 atom stereocenters. The Morgan fingerprint density at radius 2 is 2.00 bits per heavy atom. The zero-order valence-electron chi connectivity index (χ0n) is 11.7. The van der Waals surface area contributed by atoms with Gasteiger partial charge in [-0.25, -0.2) is 0 Å². The highest BCUT2D eigenvalue weighted by atomic mass is 16.5. The van der Waals surface area contributed by atoms with Gasteiger partial charge in [-0.15, -0.1) is 0 Å².